The molecular formula is C23H23ClF3N. The molecule has 0 saturated heterocycles. The van der Waals surface area contributed by atoms with Crippen LogP contribution in [-0.4, -0.2) is 18.1 Å². The zero-order valence-corrected chi connectivity index (χ0v) is 16.5. The topological polar surface area (TPSA) is 3.24 Å². The molecule has 0 N–H and O–H groups in total. The Morgan fingerprint density at radius 1 is 0.857 bits per heavy atom. The summed E-state index contributed by atoms with van der Waals surface area (Å²) >= 11 is 0. The maximum absolute atomic E-state index is 13.3. The summed E-state index contributed by atoms with van der Waals surface area (Å²) in [6.07, 6.45) is -3.74. The highest BCUT2D eigenvalue weighted by molar-refractivity contribution is 5.86. The Kier molecular flexibility index (Phi) is 5.74. The predicted octanol–water partition coefficient (Wildman–Crippen LogP) is 6.49. The van der Waals surface area contributed by atoms with Gasteiger partial charge >= 0.3 is 6.18 Å². The van der Waals surface area contributed by atoms with E-state index in [2.05, 4.69) is 35.2 Å². The third-order valence-electron chi connectivity index (χ3n) is 5.57. The molecule has 0 aromatic heterocycles. The second-order valence-corrected chi connectivity index (χ2v) is 7.59. The van der Waals surface area contributed by atoms with E-state index in [9.17, 15) is 13.2 Å². The highest BCUT2D eigenvalue weighted by atomic mass is 35.5. The van der Waals surface area contributed by atoms with Gasteiger partial charge in [-0.1, -0.05) is 66.7 Å². The molecule has 0 spiro atoms. The fraction of sp³-hybridized carbons (Fsp3) is 0.304. The summed E-state index contributed by atoms with van der Waals surface area (Å²) in [6, 6.07) is 21.6. The molecule has 1 saturated carbocycles. The van der Waals surface area contributed by atoms with Crippen molar-refractivity contribution in [1.82, 2.24) is 4.90 Å². The summed E-state index contributed by atoms with van der Waals surface area (Å²) in [5.41, 5.74) is 1.08. The van der Waals surface area contributed by atoms with Crippen molar-refractivity contribution in [1.29, 1.82) is 0 Å². The Hall–Kier alpha value is -2.04. The van der Waals surface area contributed by atoms with Crippen molar-refractivity contribution in [2.24, 2.45) is 0 Å². The van der Waals surface area contributed by atoms with Crippen LogP contribution in [0, 0.1) is 0 Å². The molecule has 1 aliphatic carbocycles. The Balaban J connectivity index is 0.00000225. The van der Waals surface area contributed by atoms with Gasteiger partial charge < -0.3 is 0 Å². The van der Waals surface area contributed by atoms with Gasteiger partial charge in [-0.3, -0.25) is 4.90 Å². The Bertz CT molecular complexity index is 941. The van der Waals surface area contributed by atoms with Crippen LogP contribution in [-0.2, 0) is 18.5 Å². The molecule has 1 aliphatic rings. The molecule has 0 heterocycles. The molecule has 28 heavy (non-hydrogen) atoms. The summed E-state index contributed by atoms with van der Waals surface area (Å²) in [4.78, 5) is 2.19. The van der Waals surface area contributed by atoms with Gasteiger partial charge in [0, 0.05) is 13.1 Å². The number of fused-ring (bicyclic) bond motifs is 1. The third kappa shape index (κ3) is 3.89. The van der Waals surface area contributed by atoms with Gasteiger partial charge in [0.1, 0.15) is 0 Å². The first kappa shape index (κ1) is 20.7. The van der Waals surface area contributed by atoms with Gasteiger partial charge in [-0.25, -0.2) is 0 Å². The lowest BCUT2D eigenvalue weighted by Gasteiger charge is -2.21. The van der Waals surface area contributed by atoms with Crippen LogP contribution >= 0.6 is 12.4 Å². The fourth-order valence-electron chi connectivity index (χ4n) is 3.88. The van der Waals surface area contributed by atoms with E-state index in [1.165, 1.54) is 16.3 Å². The molecule has 1 nitrogen and oxygen atoms in total. The predicted molar refractivity (Wildman–Crippen MR) is 110 cm³/mol. The normalized spacial score (nSPS) is 15.5. The quantitative estimate of drug-likeness (QED) is 0.469. The second-order valence-electron chi connectivity index (χ2n) is 7.59. The molecular weight excluding hydrogens is 383 g/mol. The van der Waals surface area contributed by atoms with E-state index in [1.807, 2.05) is 31.3 Å². The summed E-state index contributed by atoms with van der Waals surface area (Å²) in [6.45, 7) is 1.48. The molecule has 0 amide bonds. The van der Waals surface area contributed by atoms with Crippen LogP contribution in [0.15, 0.2) is 66.7 Å². The van der Waals surface area contributed by atoms with Crippen molar-refractivity contribution in [3.63, 3.8) is 0 Å². The standard InChI is InChI=1S/C23H22F3N.ClH/c1-27(16-19-7-4-6-18-5-2-3-8-21(18)19)15-17-9-11-20(12-10-17)22(13-14-22)23(24,25)26;/h2-12H,13-16H2,1H3;1H. The van der Waals surface area contributed by atoms with Crippen LogP contribution in [0.2, 0.25) is 0 Å². The first-order chi connectivity index (χ1) is 12.9. The van der Waals surface area contributed by atoms with E-state index >= 15 is 0 Å². The number of rotatable bonds is 5. The van der Waals surface area contributed by atoms with E-state index in [0.717, 1.165) is 12.1 Å². The number of nitrogens with zero attached hydrogens (tertiary/aromatic N) is 1. The SMILES string of the molecule is CN(Cc1ccc(C2(C(F)(F)F)CC2)cc1)Cc1cccc2ccccc12.Cl. The van der Waals surface area contributed by atoms with Crippen LogP contribution in [0.25, 0.3) is 10.8 Å². The smallest absolute Gasteiger partial charge is 0.298 e. The Morgan fingerprint density at radius 2 is 1.50 bits per heavy atom. The number of halogens is 4. The Morgan fingerprint density at radius 3 is 2.14 bits per heavy atom. The third-order valence-corrected chi connectivity index (χ3v) is 5.57. The van der Waals surface area contributed by atoms with Crippen LogP contribution in [0.5, 0.6) is 0 Å². The van der Waals surface area contributed by atoms with Crippen molar-refractivity contribution in [2.45, 2.75) is 37.5 Å². The van der Waals surface area contributed by atoms with Crippen LogP contribution in [0.3, 0.4) is 0 Å². The molecule has 1 fully saturated rings. The van der Waals surface area contributed by atoms with Crippen molar-refractivity contribution in [2.75, 3.05) is 7.05 Å². The lowest BCUT2D eigenvalue weighted by atomic mass is 9.94. The molecule has 3 aromatic rings. The molecule has 0 bridgehead atoms. The number of hydrogen-bond donors (Lipinski definition) is 0. The molecule has 5 heteroatoms. The minimum absolute atomic E-state index is 0. The number of benzene rings is 3. The summed E-state index contributed by atoms with van der Waals surface area (Å²) in [7, 11) is 2.04. The average molecular weight is 406 g/mol. The van der Waals surface area contributed by atoms with Gasteiger partial charge in [0.15, 0.2) is 0 Å². The molecule has 0 atom stereocenters. The molecule has 3 aromatic carbocycles. The first-order valence-corrected chi connectivity index (χ1v) is 9.20. The molecule has 148 valence electrons. The molecule has 4 rings (SSSR count). The van der Waals surface area contributed by atoms with E-state index in [4.69, 9.17) is 0 Å². The van der Waals surface area contributed by atoms with Crippen LogP contribution in [0.4, 0.5) is 13.2 Å². The van der Waals surface area contributed by atoms with Crippen LogP contribution < -0.4 is 0 Å². The van der Waals surface area contributed by atoms with Crippen molar-refractivity contribution < 1.29 is 13.2 Å². The van der Waals surface area contributed by atoms with Crippen molar-refractivity contribution in [3.8, 4) is 0 Å². The van der Waals surface area contributed by atoms with Crippen molar-refractivity contribution in [3.05, 3.63) is 83.4 Å². The molecule has 0 unspecified atom stereocenters. The lowest BCUT2D eigenvalue weighted by Crippen LogP contribution is -2.28. The maximum atomic E-state index is 13.3. The summed E-state index contributed by atoms with van der Waals surface area (Å²) < 4.78 is 39.8. The van der Waals surface area contributed by atoms with Gasteiger partial charge in [0.25, 0.3) is 0 Å². The molecule has 0 radical (unpaired) electrons. The van der Waals surface area contributed by atoms with Gasteiger partial charge in [-0.05, 0) is 47.4 Å². The van der Waals surface area contributed by atoms with Gasteiger partial charge in [-0.2, -0.15) is 13.2 Å². The van der Waals surface area contributed by atoms with E-state index in [0.29, 0.717) is 12.1 Å². The summed E-state index contributed by atoms with van der Waals surface area (Å²) in [5, 5.41) is 2.46. The highest BCUT2D eigenvalue weighted by Gasteiger charge is 2.64. The highest BCUT2D eigenvalue weighted by Crippen LogP contribution is 2.58. The monoisotopic (exact) mass is 405 g/mol. The zero-order valence-electron chi connectivity index (χ0n) is 15.7. The van der Waals surface area contributed by atoms with Gasteiger partial charge in [0.05, 0.1) is 5.41 Å². The van der Waals surface area contributed by atoms with Gasteiger partial charge in [0.2, 0.25) is 0 Å². The minimum Gasteiger partial charge on any atom is -0.298 e. The zero-order chi connectivity index (χ0) is 19.1. The fourth-order valence-corrected chi connectivity index (χ4v) is 3.88. The number of hydrogen-bond acceptors (Lipinski definition) is 1. The van der Waals surface area contributed by atoms with E-state index in [-0.39, 0.29) is 25.2 Å². The molecule has 0 aliphatic heterocycles. The number of alkyl halides is 3. The lowest BCUT2D eigenvalue weighted by molar-refractivity contribution is -0.160. The van der Waals surface area contributed by atoms with Crippen molar-refractivity contribution >= 4 is 23.2 Å². The second kappa shape index (κ2) is 7.76. The largest absolute Gasteiger partial charge is 0.398 e. The minimum atomic E-state index is -4.15. The van der Waals surface area contributed by atoms with E-state index in [1.54, 1.807) is 12.1 Å². The summed E-state index contributed by atoms with van der Waals surface area (Å²) in [5.74, 6) is 0. The van der Waals surface area contributed by atoms with Gasteiger partial charge in [-0.15, -0.1) is 12.4 Å². The van der Waals surface area contributed by atoms with E-state index < -0.39 is 11.6 Å². The maximum Gasteiger partial charge on any atom is 0.398 e. The first-order valence-electron chi connectivity index (χ1n) is 9.20. The van der Waals surface area contributed by atoms with Crippen LogP contribution in [0.1, 0.15) is 29.5 Å². The average Bonchev–Trinajstić information content (AvgIpc) is 3.44. The Labute approximate surface area is 169 Å².